The maximum atomic E-state index is 10.8. The molecule has 0 bridgehead atoms. The third-order valence-electron chi connectivity index (χ3n) is 2.05. The summed E-state index contributed by atoms with van der Waals surface area (Å²) in [6.07, 6.45) is 0.899. The number of hydrogen-bond donors (Lipinski definition) is 1. The number of rotatable bonds is 3. The highest BCUT2D eigenvalue weighted by Crippen LogP contribution is 2.08. The predicted octanol–water partition coefficient (Wildman–Crippen LogP) is 1.26. The van der Waals surface area contributed by atoms with Gasteiger partial charge in [-0.3, -0.25) is 0 Å². The van der Waals surface area contributed by atoms with E-state index in [4.69, 9.17) is 4.42 Å². The summed E-state index contributed by atoms with van der Waals surface area (Å²) in [5.74, 6) is 0.597. The van der Waals surface area contributed by atoms with Gasteiger partial charge < -0.3 is 9.52 Å². The largest absolute Gasteiger partial charge is 0.428 e. The first kappa shape index (κ1) is 9.99. The summed E-state index contributed by atoms with van der Waals surface area (Å²) in [7, 11) is 0. The van der Waals surface area contributed by atoms with E-state index in [0.29, 0.717) is 18.6 Å². The average molecular weight is 182 g/mol. The van der Waals surface area contributed by atoms with Crippen LogP contribution in [0.3, 0.4) is 0 Å². The first-order valence-electron chi connectivity index (χ1n) is 4.41. The molecule has 13 heavy (non-hydrogen) atoms. The maximum Gasteiger partial charge on any atom is 0.335 e. The molecular weight excluding hydrogens is 168 g/mol. The summed E-state index contributed by atoms with van der Waals surface area (Å²) in [5, 5.41) is 9.39. The normalized spacial score (nSPS) is 12.8. The topological polar surface area (TPSA) is 50.4 Å². The molecule has 0 saturated heterocycles. The molecule has 0 spiro atoms. The fourth-order valence-corrected chi connectivity index (χ4v) is 1.15. The van der Waals surface area contributed by atoms with Gasteiger partial charge >= 0.3 is 5.63 Å². The smallest absolute Gasteiger partial charge is 0.335 e. The van der Waals surface area contributed by atoms with Crippen LogP contribution in [0, 0.1) is 6.92 Å². The van der Waals surface area contributed by atoms with Gasteiger partial charge in [-0.05, 0) is 25.0 Å². The standard InChI is InChI=1S/C10H14O3/c1-3-9(11)6-8-4-5-10(12)13-7(8)2/h4-5,9,11H,3,6H2,1-2H3/t9-/m0/s1. The molecule has 0 aliphatic carbocycles. The molecule has 0 aromatic carbocycles. The molecule has 0 saturated carbocycles. The van der Waals surface area contributed by atoms with Crippen LogP contribution in [-0.4, -0.2) is 11.2 Å². The molecule has 3 heteroatoms. The van der Waals surface area contributed by atoms with E-state index in [1.54, 1.807) is 13.0 Å². The molecule has 1 aromatic heterocycles. The molecule has 72 valence electrons. The summed E-state index contributed by atoms with van der Waals surface area (Å²) in [6, 6.07) is 3.09. The van der Waals surface area contributed by atoms with Crippen molar-refractivity contribution in [2.45, 2.75) is 32.8 Å². The summed E-state index contributed by atoms with van der Waals surface area (Å²) in [6.45, 7) is 3.65. The minimum atomic E-state index is -0.355. The van der Waals surface area contributed by atoms with Gasteiger partial charge in [0.1, 0.15) is 5.76 Å². The Labute approximate surface area is 77.0 Å². The lowest BCUT2D eigenvalue weighted by Crippen LogP contribution is -2.11. The van der Waals surface area contributed by atoms with E-state index in [1.807, 2.05) is 6.92 Å². The lowest BCUT2D eigenvalue weighted by atomic mass is 10.1. The highest BCUT2D eigenvalue weighted by Gasteiger charge is 2.06. The van der Waals surface area contributed by atoms with Crippen molar-refractivity contribution in [3.63, 3.8) is 0 Å². The molecule has 0 unspecified atom stereocenters. The van der Waals surface area contributed by atoms with E-state index in [0.717, 1.165) is 5.56 Å². The predicted molar refractivity (Wildman–Crippen MR) is 49.7 cm³/mol. The van der Waals surface area contributed by atoms with Gasteiger partial charge in [-0.25, -0.2) is 4.79 Å². The van der Waals surface area contributed by atoms with Crippen LogP contribution in [0.15, 0.2) is 21.3 Å². The van der Waals surface area contributed by atoms with Gasteiger partial charge in [-0.15, -0.1) is 0 Å². The zero-order valence-electron chi connectivity index (χ0n) is 7.91. The van der Waals surface area contributed by atoms with E-state index in [9.17, 15) is 9.90 Å². The van der Waals surface area contributed by atoms with Gasteiger partial charge in [0, 0.05) is 12.5 Å². The number of aryl methyl sites for hydroxylation is 1. The van der Waals surface area contributed by atoms with Crippen molar-refractivity contribution in [2.24, 2.45) is 0 Å². The molecule has 1 N–H and O–H groups in total. The van der Waals surface area contributed by atoms with Crippen LogP contribution < -0.4 is 5.63 Å². The molecule has 0 aliphatic heterocycles. The zero-order chi connectivity index (χ0) is 9.84. The van der Waals surface area contributed by atoms with Crippen molar-refractivity contribution >= 4 is 0 Å². The quantitative estimate of drug-likeness (QED) is 0.765. The highest BCUT2D eigenvalue weighted by atomic mass is 16.4. The fraction of sp³-hybridized carbons (Fsp3) is 0.500. The molecular formula is C10H14O3. The Hall–Kier alpha value is -1.09. The van der Waals surface area contributed by atoms with E-state index >= 15 is 0 Å². The van der Waals surface area contributed by atoms with Crippen LogP contribution in [0.25, 0.3) is 0 Å². The second kappa shape index (κ2) is 4.23. The molecule has 1 atom stereocenters. The Morgan fingerprint density at radius 1 is 1.54 bits per heavy atom. The van der Waals surface area contributed by atoms with Crippen molar-refractivity contribution < 1.29 is 9.52 Å². The van der Waals surface area contributed by atoms with E-state index in [2.05, 4.69) is 0 Å². The van der Waals surface area contributed by atoms with Gasteiger partial charge in [-0.1, -0.05) is 6.92 Å². The third kappa shape index (κ3) is 2.70. The van der Waals surface area contributed by atoms with Crippen LogP contribution in [-0.2, 0) is 6.42 Å². The molecule has 1 heterocycles. The van der Waals surface area contributed by atoms with Crippen LogP contribution in [0.5, 0.6) is 0 Å². The number of aliphatic hydroxyl groups excluding tert-OH is 1. The van der Waals surface area contributed by atoms with E-state index in [1.165, 1.54) is 6.07 Å². The lowest BCUT2D eigenvalue weighted by Gasteiger charge is -2.08. The van der Waals surface area contributed by atoms with Gasteiger partial charge in [0.05, 0.1) is 6.10 Å². The molecule has 1 rings (SSSR count). The van der Waals surface area contributed by atoms with Crippen molar-refractivity contribution in [1.29, 1.82) is 0 Å². The summed E-state index contributed by atoms with van der Waals surface area (Å²) in [5.41, 5.74) is 0.557. The Bertz CT molecular complexity index is 327. The molecule has 0 aliphatic rings. The first-order chi connectivity index (χ1) is 6.13. The van der Waals surface area contributed by atoms with Gasteiger partial charge in [0.25, 0.3) is 0 Å². The molecule has 3 nitrogen and oxygen atoms in total. The van der Waals surface area contributed by atoms with Gasteiger partial charge in [0.15, 0.2) is 0 Å². The van der Waals surface area contributed by atoms with Gasteiger partial charge in [-0.2, -0.15) is 0 Å². The third-order valence-corrected chi connectivity index (χ3v) is 2.05. The molecule has 0 radical (unpaired) electrons. The molecule has 1 aromatic rings. The Kier molecular flexibility index (Phi) is 3.25. The average Bonchev–Trinajstić information content (AvgIpc) is 2.09. The Balaban J connectivity index is 2.83. The fourth-order valence-electron chi connectivity index (χ4n) is 1.15. The minimum absolute atomic E-state index is 0.341. The van der Waals surface area contributed by atoms with Crippen molar-refractivity contribution in [3.05, 3.63) is 33.9 Å². The highest BCUT2D eigenvalue weighted by molar-refractivity contribution is 5.16. The van der Waals surface area contributed by atoms with Gasteiger partial charge in [0.2, 0.25) is 0 Å². The number of hydrogen-bond acceptors (Lipinski definition) is 3. The van der Waals surface area contributed by atoms with Crippen molar-refractivity contribution in [2.75, 3.05) is 0 Å². The van der Waals surface area contributed by atoms with Crippen molar-refractivity contribution in [3.8, 4) is 0 Å². The van der Waals surface area contributed by atoms with Crippen LogP contribution >= 0.6 is 0 Å². The number of aliphatic hydroxyl groups is 1. The Morgan fingerprint density at radius 2 is 2.23 bits per heavy atom. The second-order valence-corrected chi connectivity index (χ2v) is 3.10. The van der Waals surface area contributed by atoms with Crippen LogP contribution in [0.2, 0.25) is 0 Å². The monoisotopic (exact) mass is 182 g/mol. The van der Waals surface area contributed by atoms with Crippen LogP contribution in [0.1, 0.15) is 24.7 Å². The summed E-state index contributed by atoms with van der Waals surface area (Å²) in [4.78, 5) is 10.8. The first-order valence-corrected chi connectivity index (χ1v) is 4.41. The maximum absolute atomic E-state index is 10.8. The molecule has 0 amide bonds. The summed E-state index contributed by atoms with van der Waals surface area (Å²) >= 11 is 0. The summed E-state index contributed by atoms with van der Waals surface area (Å²) < 4.78 is 4.89. The van der Waals surface area contributed by atoms with E-state index in [-0.39, 0.29) is 11.7 Å². The zero-order valence-corrected chi connectivity index (χ0v) is 7.91. The molecule has 0 fully saturated rings. The van der Waals surface area contributed by atoms with Crippen LogP contribution in [0.4, 0.5) is 0 Å². The lowest BCUT2D eigenvalue weighted by molar-refractivity contribution is 0.169. The van der Waals surface area contributed by atoms with Crippen molar-refractivity contribution in [1.82, 2.24) is 0 Å². The van der Waals surface area contributed by atoms with E-state index < -0.39 is 0 Å². The SMILES string of the molecule is CC[C@H](O)Cc1ccc(=O)oc1C. The second-order valence-electron chi connectivity index (χ2n) is 3.10. The Morgan fingerprint density at radius 3 is 2.77 bits per heavy atom. The minimum Gasteiger partial charge on any atom is -0.428 e.